The molecule has 1 heterocycles. The zero-order valence-electron chi connectivity index (χ0n) is 8.14. The minimum absolute atomic E-state index is 0.790. The van der Waals surface area contributed by atoms with Crippen LogP contribution in [0.25, 0.3) is 21.7 Å². The third kappa shape index (κ3) is 1.22. The first-order valence-electron chi connectivity index (χ1n) is 4.87. The molecule has 2 aromatic carbocycles. The van der Waals surface area contributed by atoms with Gasteiger partial charge < -0.3 is 5.73 Å². The number of anilines is 1. The van der Waals surface area contributed by atoms with Crippen LogP contribution >= 0.6 is 0 Å². The van der Waals surface area contributed by atoms with Crippen LogP contribution in [0, 0.1) is 0 Å². The second kappa shape index (κ2) is 2.95. The minimum Gasteiger partial charge on any atom is -0.399 e. The van der Waals surface area contributed by atoms with E-state index in [0.717, 1.165) is 27.4 Å². The van der Waals surface area contributed by atoms with Gasteiger partial charge in [0, 0.05) is 22.7 Å². The molecule has 72 valence electrons. The highest BCUT2D eigenvalue weighted by atomic mass is 14.6. The molecule has 0 aliphatic rings. The molecular formula is C13H10N2. The summed E-state index contributed by atoms with van der Waals surface area (Å²) in [5.74, 6) is 0. The lowest BCUT2D eigenvalue weighted by atomic mass is 10.1. The van der Waals surface area contributed by atoms with Crippen molar-refractivity contribution < 1.29 is 0 Å². The second-order valence-electron chi connectivity index (χ2n) is 3.62. The second-order valence-corrected chi connectivity index (χ2v) is 3.62. The highest BCUT2D eigenvalue weighted by Crippen LogP contribution is 2.24. The number of nitrogens with two attached hydrogens (primary N) is 1. The average Bonchev–Trinajstić information content (AvgIpc) is 2.28. The summed E-state index contributed by atoms with van der Waals surface area (Å²) in [5.41, 5.74) is 7.57. The fourth-order valence-electron chi connectivity index (χ4n) is 1.89. The zero-order chi connectivity index (χ0) is 10.3. The van der Waals surface area contributed by atoms with Crippen molar-refractivity contribution in [2.45, 2.75) is 0 Å². The molecule has 15 heavy (non-hydrogen) atoms. The molecule has 0 bridgehead atoms. The number of nitrogens with zero attached hydrogens (tertiary/aromatic N) is 1. The molecule has 1 aromatic heterocycles. The van der Waals surface area contributed by atoms with E-state index in [1.54, 1.807) is 0 Å². The van der Waals surface area contributed by atoms with Crippen LogP contribution in [0.15, 0.2) is 48.7 Å². The van der Waals surface area contributed by atoms with Crippen molar-refractivity contribution in [3.8, 4) is 0 Å². The molecule has 2 N–H and O–H groups in total. The van der Waals surface area contributed by atoms with Crippen molar-refractivity contribution >= 4 is 27.4 Å². The third-order valence-electron chi connectivity index (χ3n) is 2.61. The van der Waals surface area contributed by atoms with Crippen LogP contribution in [-0.2, 0) is 0 Å². The number of pyridine rings is 1. The largest absolute Gasteiger partial charge is 0.399 e. The van der Waals surface area contributed by atoms with Crippen LogP contribution in [0.3, 0.4) is 0 Å². The molecule has 2 heteroatoms. The van der Waals surface area contributed by atoms with Gasteiger partial charge in [0.15, 0.2) is 0 Å². The molecule has 3 aromatic rings. The van der Waals surface area contributed by atoms with E-state index in [1.165, 1.54) is 0 Å². The highest BCUT2D eigenvalue weighted by Gasteiger charge is 2.00. The first kappa shape index (κ1) is 8.24. The Hall–Kier alpha value is -2.09. The molecule has 0 aliphatic heterocycles. The van der Waals surface area contributed by atoms with E-state index >= 15 is 0 Å². The summed E-state index contributed by atoms with van der Waals surface area (Å²) < 4.78 is 0. The molecule has 0 atom stereocenters. The van der Waals surface area contributed by atoms with Crippen LogP contribution in [0.2, 0.25) is 0 Å². The number of hydrogen-bond donors (Lipinski definition) is 1. The molecule has 3 rings (SSSR count). The maximum Gasteiger partial charge on any atom is 0.0780 e. The van der Waals surface area contributed by atoms with Crippen LogP contribution in [-0.4, -0.2) is 4.98 Å². The number of rotatable bonds is 0. The lowest BCUT2D eigenvalue weighted by Crippen LogP contribution is -1.85. The van der Waals surface area contributed by atoms with Gasteiger partial charge in [0.2, 0.25) is 0 Å². The lowest BCUT2D eigenvalue weighted by Gasteiger charge is -2.03. The molecule has 0 fully saturated rings. The van der Waals surface area contributed by atoms with E-state index in [2.05, 4.69) is 23.2 Å². The SMILES string of the molecule is Nc1ccc2c(ccc3cccnc32)c1. The summed E-state index contributed by atoms with van der Waals surface area (Å²) in [6, 6.07) is 14.1. The van der Waals surface area contributed by atoms with Crippen molar-refractivity contribution in [3.05, 3.63) is 48.7 Å². The van der Waals surface area contributed by atoms with Crippen molar-refractivity contribution in [2.24, 2.45) is 0 Å². The lowest BCUT2D eigenvalue weighted by molar-refractivity contribution is 1.43. The van der Waals surface area contributed by atoms with Gasteiger partial charge in [-0.2, -0.15) is 0 Å². The predicted octanol–water partition coefficient (Wildman–Crippen LogP) is 2.97. The van der Waals surface area contributed by atoms with E-state index in [0.29, 0.717) is 0 Å². The maximum atomic E-state index is 5.75. The smallest absolute Gasteiger partial charge is 0.0780 e. The Balaban J connectivity index is 2.55. The standard InChI is InChI=1S/C13H10N2/c14-11-5-6-12-10(8-11)4-3-9-2-1-7-15-13(9)12/h1-8H,14H2. The molecule has 0 unspecified atom stereocenters. The summed E-state index contributed by atoms with van der Waals surface area (Å²) >= 11 is 0. The van der Waals surface area contributed by atoms with E-state index < -0.39 is 0 Å². The Labute approximate surface area is 87.4 Å². The predicted molar refractivity (Wildman–Crippen MR) is 63.7 cm³/mol. The Morgan fingerprint density at radius 2 is 1.80 bits per heavy atom. The van der Waals surface area contributed by atoms with Gasteiger partial charge >= 0.3 is 0 Å². The maximum absolute atomic E-state index is 5.75. The molecule has 0 amide bonds. The van der Waals surface area contributed by atoms with E-state index in [9.17, 15) is 0 Å². The number of hydrogen-bond acceptors (Lipinski definition) is 2. The Morgan fingerprint density at radius 3 is 2.73 bits per heavy atom. The van der Waals surface area contributed by atoms with Gasteiger partial charge in [-0.05, 0) is 23.6 Å². The Bertz CT molecular complexity index is 644. The molecule has 0 saturated heterocycles. The molecule has 0 radical (unpaired) electrons. The summed E-state index contributed by atoms with van der Waals surface area (Å²) in [7, 11) is 0. The summed E-state index contributed by atoms with van der Waals surface area (Å²) in [6.07, 6.45) is 1.82. The van der Waals surface area contributed by atoms with E-state index in [-0.39, 0.29) is 0 Å². The number of benzene rings is 2. The first-order chi connectivity index (χ1) is 7.34. The molecule has 0 spiro atoms. The molecular weight excluding hydrogens is 184 g/mol. The van der Waals surface area contributed by atoms with Gasteiger partial charge in [0.05, 0.1) is 5.52 Å². The van der Waals surface area contributed by atoms with Gasteiger partial charge in [0.1, 0.15) is 0 Å². The number of fused-ring (bicyclic) bond motifs is 3. The van der Waals surface area contributed by atoms with Crippen molar-refractivity contribution in [1.29, 1.82) is 0 Å². The van der Waals surface area contributed by atoms with Crippen molar-refractivity contribution in [2.75, 3.05) is 5.73 Å². The van der Waals surface area contributed by atoms with Gasteiger partial charge in [-0.3, -0.25) is 4.98 Å². The van der Waals surface area contributed by atoms with Crippen molar-refractivity contribution in [1.82, 2.24) is 4.98 Å². The monoisotopic (exact) mass is 194 g/mol. The van der Waals surface area contributed by atoms with Gasteiger partial charge in [-0.25, -0.2) is 0 Å². The van der Waals surface area contributed by atoms with Crippen LogP contribution in [0.4, 0.5) is 5.69 Å². The fourth-order valence-corrected chi connectivity index (χ4v) is 1.89. The van der Waals surface area contributed by atoms with E-state index in [4.69, 9.17) is 5.73 Å². The molecule has 2 nitrogen and oxygen atoms in total. The minimum atomic E-state index is 0.790. The number of nitrogen functional groups attached to an aromatic ring is 1. The first-order valence-corrected chi connectivity index (χ1v) is 4.87. The van der Waals surface area contributed by atoms with Gasteiger partial charge in [-0.1, -0.05) is 24.3 Å². The van der Waals surface area contributed by atoms with E-state index in [1.807, 2.05) is 30.5 Å². The van der Waals surface area contributed by atoms with Crippen molar-refractivity contribution in [3.63, 3.8) is 0 Å². The quantitative estimate of drug-likeness (QED) is 0.441. The van der Waals surface area contributed by atoms with Gasteiger partial charge in [0.25, 0.3) is 0 Å². The summed E-state index contributed by atoms with van der Waals surface area (Å²) in [6.45, 7) is 0. The van der Waals surface area contributed by atoms with Crippen LogP contribution in [0.1, 0.15) is 0 Å². The average molecular weight is 194 g/mol. The normalized spacial score (nSPS) is 10.9. The highest BCUT2D eigenvalue weighted by molar-refractivity contribution is 6.05. The summed E-state index contributed by atoms with van der Waals surface area (Å²) in [5, 5.41) is 3.46. The summed E-state index contributed by atoms with van der Waals surface area (Å²) in [4.78, 5) is 4.40. The topological polar surface area (TPSA) is 38.9 Å². The fraction of sp³-hybridized carbons (Fsp3) is 0. The molecule has 0 saturated carbocycles. The van der Waals surface area contributed by atoms with Crippen LogP contribution in [0.5, 0.6) is 0 Å². The Morgan fingerprint density at radius 1 is 0.933 bits per heavy atom. The third-order valence-corrected chi connectivity index (χ3v) is 2.61. The number of aromatic nitrogens is 1. The molecule has 0 aliphatic carbocycles. The van der Waals surface area contributed by atoms with Gasteiger partial charge in [-0.15, -0.1) is 0 Å². The zero-order valence-corrected chi connectivity index (χ0v) is 8.14. The Kier molecular flexibility index (Phi) is 1.62. The van der Waals surface area contributed by atoms with Crippen LogP contribution < -0.4 is 5.73 Å².